The lowest BCUT2D eigenvalue weighted by atomic mass is 9.70. The summed E-state index contributed by atoms with van der Waals surface area (Å²) in [7, 11) is 8.62. The van der Waals surface area contributed by atoms with Crippen molar-refractivity contribution in [2.24, 2.45) is 5.92 Å². The Bertz CT molecular complexity index is 996. The Kier molecular flexibility index (Phi) is 10.3. The number of rotatable bonds is 13. The first-order chi connectivity index (χ1) is 16.3. The van der Waals surface area contributed by atoms with Crippen molar-refractivity contribution in [1.29, 1.82) is 5.26 Å². The molecular weight excluding hydrogens is 428 g/mol. The van der Waals surface area contributed by atoms with E-state index in [-0.39, 0.29) is 5.92 Å². The molecule has 0 aliphatic carbocycles. The van der Waals surface area contributed by atoms with Crippen molar-refractivity contribution >= 4 is 0 Å². The zero-order valence-electron chi connectivity index (χ0n) is 21.6. The van der Waals surface area contributed by atoms with E-state index >= 15 is 0 Å². The minimum absolute atomic E-state index is 0.128. The van der Waals surface area contributed by atoms with E-state index in [1.807, 2.05) is 30.3 Å². The van der Waals surface area contributed by atoms with Gasteiger partial charge in [0.1, 0.15) is 0 Å². The van der Waals surface area contributed by atoms with Crippen molar-refractivity contribution in [2.75, 3.05) is 48.6 Å². The van der Waals surface area contributed by atoms with E-state index in [2.05, 4.69) is 50.1 Å². The van der Waals surface area contributed by atoms with E-state index in [1.165, 1.54) is 5.56 Å². The predicted octanol–water partition coefficient (Wildman–Crippen LogP) is 5.26. The van der Waals surface area contributed by atoms with Gasteiger partial charge in [-0.05, 0) is 61.2 Å². The Morgan fingerprint density at radius 1 is 0.882 bits per heavy atom. The van der Waals surface area contributed by atoms with Gasteiger partial charge < -0.3 is 23.8 Å². The Morgan fingerprint density at radius 3 is 2.03 bits per heavy atom. The van der Waals surface area contributed by atoms with Gasteiger partial charge in [0.05, 0.1) is 39.9 Å². The Balaban J connectivity index is 2.03. The molecule has 6 nitrogen and oxygen atoms in total. The molecule has 184 valence electrons. The second-order valence-corrected chi connectivity index (χ2v) is 8.68. The van der Waals surface area contributed by atoms with Gasteiger partial charge in [0.25, 0.3) is 0 Å². The molecule has 0 bridgehead atoms. The molecule has 2 aromatic carbocycles. The Hall–Kier alpha value is -3.17. The van der Waals surface area contributed by atoms with Crippen LogP contribution in [0.1, 0.15) is 31.4 Å². The minimum Gasteiger partial charge on any atom is -0.493 e. The fourth-order valence-electron chi connectivity index (χ4n) is 4.01. The highest BCUT2D eigenvalue weighted by atomic mass is 16.5. The summed E-state index contributed by atoms with van der Waals surface area (Å²) in [5, 5.41) is 10.2. The van der Waals surface area contributed by atoms with Crippen LogP contribution in [0.15, 0.2) is 48.6 Å². The summed E-state index contributed by atoms with van der Waals surface area (Å²) in [5.74, 6) is 2.91. The van der Waals surface area contributed by atoms with Gasteiger partial charge in [0, 0.05) is 13.1 Å². The van der Waals surface area contributed by atoms with Crippen molar-refractivity contribution in [2.45, 2.75) is 32.1 Å². The molecule has 0 aliphatic heterocycles. The summed E-state index contributed by atoms with van der Waals surface area (Å²) in [6.45, 7) is 5.88. The minimum atomic E-state index is -0.645. The van der Waals surface area contributed by atoms with Crippen molar-refractivity contribution < 1.29 is 18.9 Å². The Morgan fingerprint density at radius 2 is 1.47 bits per heavy atom. The predicted molar refractivity (Wildman–Crippen MR) is 136 cm³/mol. The number of nitriles is 1. The first-order valence-corrected chi connectivity index (χ1v) is 11.5. The standard InChI is InChI=1S/C28H38N2O4/c1-21(2)28(20-29,23-11-13-25(32-5)27(19-23)34-7)15-8-9-16-30(3)17-14-22-10-12-24(31-4)26(18-22)33-6/h8-13,18-19,21H,14-17H2,1-7H3/b9-8-. The van der Waals surface area contributed by atoms with Crippen molar-refractivity contribution in [3.8, 4) is 29.1 Å². The summed E-state index contributed by atoms with van der Waals surface area (Å²) in [6.07, 6.45) is 5.79. The molecule has 0 saturated heterocycles. The second kappa shape index (κ2) is 12.9. The lowest BCUT2D eigenvalue weighted by Gasteiger charge is -2.31. The Labute approximate surface area is 204 Å². The van der Waals surface area contributed by atoms with Gasteiger partial charge in [-0.25, -0.2) is 0 Å². The number of likely N-dealkylation sites (N-methyl/N-ethyl adjacent to an activating group) is 1. The van der Waals surface area contributed by atoms with Gasteiger partial charge >= 0.3 is 0 Å². The highest BCUT2D eigenvalue weighted by molar-refractivity contribution is 5.48. The average molecular weight is 467 g/mol. The fraction of sp³-hybridized carbons (Fsp3) is 0.464. The van der Waals surface area contributed by atoms with Crippen LogP contribution in [-0.4, -0.2) is 53.5 Å². The van der Waals surface area contributed by atoms with Crippen LogP contribution in [0.25, 0.3) is 0 Å². The molecule has 0 amide bonds. The summed E-state index contributed by atoms with van der Waals surface area (Å²) in [4.78, 5) is 2.26. The van der Waals surface area contributed by atoms with Crippen LogP contribution in [0.2, 0.25) is 0 Å². The van der Waals surface area contributed by atoms with Crippen LogP contribution in [0, 0.1) is 17.2 Å². The number of hydrogen-bond acceptors (Lipinski definition) is 6. The smallest absolute Gasteiger partial charge is 0.161 e. The number of ether oxygens (including phenoxy) is 4. The summed E-state index contributed by atoms with van der Waals surface area (Å²) < 4.78 is 21.5. The van der Waals surface area contributed by atoms with Crippen LogP contribution in [0.4, 0.5) is 0 Å². The molecule has 1 unspecified atom stereocenters. The third kappa shape index (κ3) is 6.45. The van der Waals surface area contributed by atoms with E-state index in [9.17, 15) is 5.26 Å². The quantitative estimate of drug-likeness (QED) is 0.375. The topological polar surface area (TPSA) is 64.0 Å². The molecular formula is C28H38N2O4. The first kappa shape index (κ1) is 27.1. The molecule has 0 spiro atoms. The molecule has 0 heterocycles. The van der Waals surface area contributed by atoms with Crippen LogP contribution >= 0.6 is 0 Å². The maximum absolute atomic E-state index is 10.2. The lowest BCUT2D eigenvalue weighted by Crippen LogP contribution is -2.30. The molecule has 34 heavy (non-hydrogen) atoms. The zero-order valence-corrected chi connectivity index (χ0v) is 21.6. The van der Waals surface area contributed by atoms with E-state index in [0.717, 1.165) is 36.6 Å². The van der Waals surface area contributed by atoms with Crippen LogP contribution in [0.3, 0.4) is 0 Å². The molecule has 2 rings (SSSR count). The van der Waals surface area contributed by atoms with Crippen molar-refractivity contribution in [3.05, 3.63) is 59.7 Å². The summed E-state index contributed by atoms with van der Waals surface area (Å²) in [6, 6.07) is 14.4. The molecule has 0 radical (unpaired) electrons. The zero-order chi connectivity index (χ0) is 25.1. The van der Waals surface area contributed by atoms with Gasteiger partial charge in [0.2, 0.25) is 0 Å². The molecule has 0 aromatic heterocycles. The van der Waals surface area contributed by atoms with Gasteiger partial charge in [-0.3, -0.25) is 0 Å². The number of methoxy groups -OCH3 is 4. The number of nitrogens with zero attached hydrogens (tertiary/aromatic N) is 2. The molecule has 0 fully saturated rings. The van der Waals surface area contributed by atoms with Crippen molar-refractivity contribution in [3.63, 3.8) is 0 Å². The molecule has 0 N–H and O–H groups in total. The fourth-order valence-corrected chi connectivity index (χ4v) is 4.01. The maximum atomic E-state index is 10.2. The third-order valence-corrected chi connectivity index (χ3v) is 6.34. The van der Waals surface area contributed by atoms with Crippen molar-refractivity contribution in [1.82, 2.24) is 4.90 Å². The number of allylic oxidation sites excluding steroid dienone is 1. The first-order valence-electron chi connectivity index (χ1n) is 11.5. The van der Waals surface area contributed by atoms with E-state index in [0.29, 0.717) is 17.9 Å². The molecule has 1 atom stereocenters. The highest BCUT2D eigenvalue weighted by Gasteiger charge is 2.35. The van der Waals surface area contributed by atoms with Crippen LogP contribution in [-0.2, 0) is 11.8 Å². The van der Waals surface area contributed by atoms with Crippen LogP contribution < -0.4 is 18.9 Å². The molecule has 6 heteroatoms. The lowest BCUT2D eigenvalue weighted by molar-refractivity contribution is 0.349. The van der Waals surface area contributed by atoms with Gasteiger partial charge in [-0.1, -0.05) is 38.1 Å². The average Bonchev–Trinajstić information content (AvgIpc) is 2.86. The maximum Gasteiger partial charge on any atom is 0.161 e. The number of benzene rings is 2. The largest absolute Gasteiger partial charge is 0.493 e. The molecule has 0 aliphatic rings. The highest BCUT2D eigenvalue weighted by Crippen LogP contribution is 2.40. The van der Waals surface area contributed by atoms with Gasteiger partial charge in [-0.2, -0.15) is 5.26 Å². The van der Waals surface area contributed by atoms with E-state index in [4.69, 9.17) is 18.9 Å². The summed E-state index contributed by atoms with van der Waals surface area (Å²) in [5.41, 5.74) is 1.49. The van der Waals surface area contributed by atoms with Gasteiger partial charge in [0.15, 0.2) is 23.0 Å². The van der Waals surface area contributed by atoms with Crippen LogP contribution in [0.5, 0.6) is 23.0 Å². The van der Waals surface area contributed by atoms with Gasteiger partial charge in [-0.15, -0.1) is 0 Å². The second-order valence-electron chi connectivity index (χ2n) is 8.68. The van der Waals surface area contributed by atoms with E-state index < -0.39 is 5.41 Å². The summed E-state index contributed by atoms with van der Waals surface area (Å²) >= 11 is 0. The molecule has 0 saturated carbocycles. The molecule has 2 aromatic rings. The monoisotopic (exact) mass is 466 g/mol. The third-order valence-electron chi connectivity index (χ3n) is 6.34. The normalized spacial score (nSPS) is 13.1. The number of hydrogen-bond donors (Lipinski definition) is 0. The SMILES string of the molecule is COc1ccc(CCN(C)C/C=C\CC(C#N)(c2ccc(OC)c(OC)c2)C(C)C)cc1OC. The van der Waals surface area contributed by atoms with E-state index in [1.54, 1.807) is 28.4 Å².